The molecule has 0 bridgehead atoms. The van der Waals surface area contributed by atoms with Gasteiger partial charge in [0.2, 0.25) is 10.0 Å². The highest BCUT2D eigenvalue weighted by atomic mass is 32.2. The number of halogens is 1. The zero-order valence-corrected chi connectivity index (χ0v) is 18.4. The minimum Gasteiger partial charge on any atom is -0.369 e. The molecule has 2 fully saturated rings. The van der Waals surface area contributed by atoms with E-state index in [1.54, 1.807) is 35.2 Å². The van der Waals surface area contributed by atoms with E-state index in [9.17, 15) is 12.8 Å². The summed E-state index contributed by atoms with van der Waals surface area (Å²) in [4.78, 5) is 6.39. The van der Waals surface area contributed by atoms with Crippen LogP contribution in [-0.2, 0) is 10.0 Å². The molecular formula is C19H30FN5O2S2. The summed E-state index contributed by atoms with van der Waals surface area (Å²) in [5.41, 5.74) is 0.880. The number of aliphatic imine (C=N–C) groups is 1. The SMILES string of the molecule is CN=C(NCCS(=O)(=O)N1CCSCC1)NC1CCCN(c2cccc(F)c2)C1. The molecule has 1 unspecified atom stereocenters. The van der Waals surface area contributed by atoms with E-state index in [4.69, 9.17) is 0 Å². The van der Waals surface area contributed by atoms with E-state index in [1.165, 1.54) is 6.07 Å². The molecule has 2 N–H and O–H groups in total. The highest BCUT2D eigenvalue weighted by molar-refractivity contribution is 7.99. The number of hydrogen-bond donors (Lipinski definition) is 2. The van der Waals surface area contributed by atoms with Crippen LogP contribution in [-0.4, -0.2) is 81.8 Å². The Morgan fingerprint density at radius 1 is 1.31 bits per heavy atom. The molecule has 0 spiro atoms. The van der Waals surface area contributed by atoms with E-state index in [2.05, 4.69) is 20.5 Å². The summed E-state index contributed by atoms with van der Waals surface area (Å²) in [7, 11) is -1.56. The Bertz CT molecular complexity index is 800. The molecule has 0 amide bonds. The van der Waals surface area contributed by atoms with Gasteiger partial charge in [-0.05, 0) is 31.0 Å². The number of piperidine rings is 1. The van der Waals surface area contributed by atoms with Crippen LogP contribution < -0.4 is 15.5 Å². The summed E-state index contributed by atoms with van der Waals surface area (Å²) in [6, 6.07) is 6.81. The van der Waals surface area contributed by atoms with E-state index in [0.717, 1.165) is 43.1 Å². The number of nitrogens with one attached hydrogen (secondary N) is 2. The molecule has 29 heavy (non-hydrogen) atoms. The number of rotatable bonds is 6. The first-order valence-corrected chi connectivity index (χ1v) is 12.8. The topological polar surface area (TPSA) is 77.0 Å². The second-order valence-electron chi connectivity index (χ2n) is 7.24. The molecule has 2 saturated heterocycles. The molecule has 0 aromatic heterocycles. The third-order valence-electron chi connectivity index (χ3n) is 5.18. The molecule has 7 nitrogen and oxygen atoms in total. The van der Waals surface area contributed by atoms with Crippen LogP contribution in [0.1, 0.15) is 12.8 Å². The van der Waals surface area contributed by atoms with E-state index >= 15 is 0 Å². The van der Waals surface area contributed by atoms with Gasteiger partial charge >= 0.3 is 0 Å². The van der Waals surface area contributed by atoms with Crippen LogP contribution in [0, 0.1) is 5.82 Å². The molecule has 2 heterocycles. The Balaban J connectivity index is 1.48. The number of anilines is 1. The molecule has 0 aliphatic carbocycles. The van der Waals surface area contributed by atoms with Gasteiger partial charge < -0.3 is 15.5 Å². The van der Waals surface area contributed by atoms with Gasteiger partial charge in [0.25, 0.3) is 0 Å². The van der Waals surface area contributed by atoms with Gasteiger partial charge in [-0.2, -0.15) is 11.8 Å². The highest BCUT2D eigenvalue weighted by Crippen LogP contribution is 2.20. The van der Waals surface area contributed by atoms with Crippen LogP contribution in [0.25, 0.3) is 0 Å². The largest absolute Gasteiger partial charge is 0.369 e. The van der Waals surface area contributed by atoms with Crippen molar-refractivity contribution in [2.45, 2.75) is 18.9 Å². The predicted octanol–water partition coefficient (Wildman–Crippen LogP) is 1.34. The lowest BCUT2D eigenvalue weighted by atomic mass is 10.0. The van der Waals surface area contributed by atoms with Crippen molar-refractivity contribution in [3.8, 4) is 0 Å². The summed E-state index contributed by atoms with van der Waals surface area (Å²) in [5.74, 6) is 2.14. The average Bonchev–Trinajstić information content (AvgIpc) is 2.74. The van der Waals surface area contributed by atoms with Gasteiger partial charge in [0.15, 0.2) is 5.96 Å². The number of hydrogen-bond acceptors (Lipinski definition) is 5. The van der Waals surface area contributed by atoms with Gasteiger partial charge in [-0.15, -0.1) is 0 Å². The van der Waals surface area contributed by atoms with Crippen LogP contribution in [0.5, 0.6) is 0 Å². The van der Waals surface area contributed by atoms with Crippen molar-refractivity contribution in [1.29, 1.82) is 0 Å². The minimum atomic E-state index is -3.24. The van der Waals surface area contributed by atoms with Gasteiger partial charge in [0, 0.05) is 63.0 Å². The maximum Gasteiger partial charge on any atom is 0.215 e. The summed E-state index contributed by atoms with van der Waals surface area (Å²) in [6.07, 6.45) is 1.97. The smallest absolute Gasteiger partial charge is 0.215 e. The number of guanidine groups is 1. The van der Waals surface area contributed by atoms with Crippen LogP contribution >= 0.6 is 11.8 Å². The van der Waals surface area contributed by atoms with Gasteiger partial charge in [0.05, 0.1) is 5.75 Å². The van der Waals surface area contributed by atoms with Crippen molar-refractivity contribution in [2.75, 3.05) is 61.9 Å². The number of sulfonamides is 1. The first kappa shape index (κ1) is 22.2. The van der Waals surface area contributed by atoms with Crippen LogP contribution in [0.4, 0.5) is 10.1 Å². The maximum atomic E-state index is 13.5. The highest BCUT2D eigenvalue weighted by Gasteiger charge is 2.24. The van der Waals surface area contributed by atoms with Crippen molar-refractivity contribution in [1.82, 2.24) is 14.9 Å². The molecule has 0 saturated carbocycles. The summed E-state index contributed by atoms with van der Waals surface area (Å²) in [5, 5.41) is 6.50. The lowest BCUT2D eigenvalue weighted by Crippen LogP contribution is -2.52. The Labute approximate surface area is 177 Å². The third-order valence-corrected chi connectivity index (χ3v) is 7.99. The summed E-state index contributed by atoms with van der Waals surface area (Å²) >= 11 is 1.79. The Kier molecular flexibility index (Phi) is 8.02. The first-order valence-electron chi connectivity index (χ1n) is 10.0. The third kappa shape index (κ3) is 6.48. The second kappa shape index (κ2) is 10.5. The Morgan fingerprint density at radius 2 is 2.10 bits per heavy atom. The van der Waals surface area contributed by atoms with E-state index < -0.39 is 10.0 Å². The van der Waals surface area contributed by atoms with E-state index in [1.807, 2.05) is 6.07 Å². The molecule has 1 aromatic carbocycles. The van der Waals surface area contributed by atoms with Crippen molar-refractivity contribution in [3.05, 3.63) is 30.1 Å². The number of thioether (sulfide) groups is 1. The fourth-order valence-electron chi connectivity index (χ4n) is 3.64. The summed E-state index contributed by atoms with van der Waals surface area (Å²) in [6.45, 7) is 3.13. The Hall–Kier alpha value is -1.52. The van der Waals surface area contributed by atoms with Crippen molar-refractivity contribution >= 4 is 33.4 Å². The normalized spacial score (nSPS) is 21.8. The lowest BCUT2D eigenvalue weighted by Gasteiger charge is -2.35. The predicted molar refractivity (Wildman–Crippen MR) is 119 cm³/mol. The number of nitrogens with zero attached hydrogens (tertiary/aromatic N) is 3. The molecule has 2 aliphatic heterocycles. The molecule has 2 aliphatic rings. The van der Waals surface area contributed by atoms with E-state index in [0.29, 0.717) is 25.6 Å². The summed E-state index contributed by atoms with van der Waals surface area (Å²) < 4.78 is 40.0. The van der Waals surface area contributed by atoms with Crippen LogP contribution in [0.2, 0.25) is 0 Å². The second-order valence-corrected chi connectivity index (χ2v) is 10.5. The van der Waals surface area contributed by atoms with Gasteiger partial charge in [0.1, 0.15) is 5.82 Å². The van der Waals surface area contributed by atoms with Gasteiger partial charge in [-0.25, -0.2) is 17.1 Å². The van der Waals surface area contributed by atoms with Crippen molar-refractivity contribution in [2.24, 2.45) is 4.99 Å². The van der Waals surface area contributed by atoms with Crippen LogP contribution in [0.15, 0.2) is 29.3 Å². The van der Waals surface area contributed by atoms with E-state index in [-0.39, 0.29) is 17.6 Å². The monoisotopic (exact) mass is 443 g/mol. The van der Waals surface area contributed by atoms with Crippen LogP contribution in [0.3, 0.4) is 0 Å². The molecule has 10 heteroatoms. The molecular weight excluding hydrogens is 413 g/mol. The molecule has 1 atom stereocenters. The number of benzene rings is 1. The quantitative estimate of drug-likeness (QED) is 0.510. The molecule has 3 rings (SSSR count). The fourth-order valence-corrected chi connectivity index (χ4v) is 6.13. The lowest BCUT2D eigenvalue weighted by molar-refractivity contribution is 0.443. The molecule has 0 radical (unpaired) electrons. The fraction of sp³-hybridized carbons (Fsp3) is 0.632. The molecule has 162 valence electrons. The standard InChI is InChI=1S/C19H30FN5O2S2/c1-21-19(22-7-13-29(26,27)25-9-11-28-12-10-25)23-17-5-3-8-24(15-17)18-6-2-4-16(20)14-18/h2,4,6,14,17H,3,5,7-13,15H2,1H3,(H2,21,22,23). The van der Waals surface area contributed by atoms with Crippen molar-refractivity contribution < 1.29 is 12.8 Å². The zero-order valence-electron chi connectivity index (χ0n) is 16.8. The Morgan fingerprint density at radius 3 is 2.83 bits per heavy atom. The molecule has 1 aromatic rings. The first-order chi connectivity index (χ1) is 14.0. The van der Waals surface area contributed by atoms with Crippen molar-refractivity contribution in [3.63, 3.8) is 0 Å². The maximum absolute atomic E-state index is 13.5. The zero-order chi connectivity index (χ0) is 20.7. The average molecular weight is 444 g/mol. The van der Waals surface area contributed by atoms with Gasteiger partial charge in [-0.1, -0.05) is 6.07 Å². The minimum absolute atomic E-state index is 0.0540. The van der Waals surface area contributed by atoms with Gasteiger partial charge in [-0.3, -0.25) is 4.99 Å².